The Labute approximate surface area is 131 Å². The number of hydrogen-bond acceptors (Lipinski definition) is 3. The van der Waals surface area contributed by atoms with Gasteiger partial charge in [0, 0.05) is 30.8 Å². The molecule has 1 aromatic rings. The number of likely N-dealkylation sites (N-methyl/N-ethyl adjacent to an activating group) is 1. The molecule has 1 aromatic carbocycles. The van der Waals surface area contributed by atoms with Crippen LogP contribution < -0.4 is 9.47 Å². The maximum atomic E-state index is 12.4. The molecule has 23 heavy (non-hydrogen) atoms. The maximum absolute atomic E-state index is 12.4. The van der Waals surface area contributed by atoms with Crippen LogP contribution in [0.1, 0.15) is 19.4 Å². The van der Waals surface area contributed by atoms with Gasteiger partial charge in [-0.25, -0.2) is 0 Å². The molecule has 0 saturated heterocycles. The molecule has 128 valence electrons. The summed E-state index contributed by atoms with van der Waals surface area (Å²) in [7, 11) is 0. The smallest absolute Gasteiger partial charge is 0.387 e. The number of hydrogen-bond donors (Lipinski definition) is 0. The van der Waals surface area contributed by atoms with Crippen molar-refractivity contribution in [1.82, 2.24) is 4.90 Å². The molecule has 0 aliphatic rings. The van der Waals surface area contributed by atoms with E-state index < -0.39 is 13.2 Å². The Balaban J connectivity index is 3.02. The van der Waals surface area contributed by atoms with Crippen LogP contribution in [0.3, 0.4) is 0 Å². The molecule has 0 bridgehead atoms. The average molecular weight is 335 g/mol. The van der Waals surface area contributed by atoms with Crippen LogP contribution in [-0.4, -0.2) is 37.1 Å². The molecule has 0 aliphatic heterocycles. The minimum absolute atomic E-state index is 0.146. The first-order chi connectivity index (χ1) is 10.9. The third-order valence-corrected chi connectivity index (χ3v) is 2.91. The van der Waals surface area contributed by atoms with Crippen molar-refractivity contribution in [3.8, 4) is 11.5 Å². The number of alkyl halides is 4. The van der Waals surface area contributed by atoms with Crippen molar-refractivity contribution in [2.75, 3.05) is 13.1 Å². The predicted molar refractivity (Wildman–Crippen MR) is 76.7 cm³/mol. The van der Waals surface area contributed by atoms with Gasteiger partial charge in [0.05, 0.1) is 0 Å². The zero-order valence-electron chi connectivity index (χ0n) is 12.6. The van der Waals surface area contributed by atoms with E-state index >= 15 is 0 Å². The number of halogens is 4. The van der Waals surface area contributed by atoms with Crippen molar-refractivity contribution >= 4 is 12.0 Å². The van der Waals surface area contributed by atoms with Crippen LogP contribution in [-0.2, 0) is 4.79 Å². The molecule has 0 spiro atoms. The highest BCUT2D eigenvalue weighted by atomic mass is 19.3. The second kappa shape index (κ2) is 9.02. The molecule has 0 atom stereocenters. The minimum atomic E-state index is -3.14. The molecule has 0 aromatic heterocycles. The lowest BCUT2D eigenvalue weighted by atomic mass is 10.1. The zero-order valence-corrected chi connectivity index (χ0v) is 12.6. The Hall–Kier alpha value is -2.25. The van der Waals surface area contributed by atoms with Crippen molar-refractivity contribution in [2.45, 2.75) is 27.1 Å². The molecule has 8 heteroatoms. The Morgan fingerprint density at radius 1 is 1.13 bits per heavy atom. The van der Waals surface area contributed by atoms with E-state index in [4.69, 9.17) is 0 Å². The van der Waals surface area contributed by atoms with Crippen LogP contribution in [0.5, 0.6) is 11.5 Å². The lowest BCUT2D eigenvalue weighted by Gasteiger charge is -2.16. The molecular weight excluding hydrogens is 318 g/mol. The van der Waals surface area contributed by atoms with Gasteiger partial charge < -0.3 is 14.4 Å². The van der Waals surface area contributed by atoms with Gasteiger partial charge >= 0.3 is 13.2 Å². The summed E-state index contributed by atoms with van der Waals surface area (Å²) in [6, 6.07) is 3.34. The summed E-state index contributed by atoms with van der Waals surface area (Å²) in [5.41, 5.74) is 0.146. The predicted octanol–water partition coefficient (Wildman–Crippen LogP) is 3.77. The second-order valence-corrected chi connectivity index (χ2v) is 4.30. The van der Waals surface area contributed by atoms with Crippen LogP contribution in [0.2, 0.25) is 0 Å². The first-order valence-electron chi connectivity index (χ1n) is 6.88. The summed E-state index contributed by atoms with van der Waals surface area (Å²) in [6.07, 6.45) is 2.48. The summed E-state index contributed by atoms with van der Waals surface area (Å²) < 4.78 is 57.6. The number of ether oxygens (including phenoxy) is 2. The number of amides is 1. The van der Waals surface area contributed by atoms with Crippen molar-refractivity contribution in [3.63, 3.8) is 0 Å². The molecule has 1 amide bonds. The van der Waals surface area contributed by atoms with Crippen molar-refractivity contribution in [1.29, 1.82) is 0 Å². The normalized spacial score (nSPS) is 11.3. The first-order valence-corrected chi connectivity index (χ1v) is 6.88. The fourth-order valence-electron chi connectivity index (χ4n) is 1.83. The molecule has 4 nitrogen and oxygen atoms in total. The molecule has 0 heterocycles. The summed E-state index contributed by atoms with van der Waals surface area (Å²) in [4.78, 5) is 13.4. The van der Waals surface area contributed by atoms with Crippen molar-refractivity contribution < 1.29 is 31.8 Å². The standard InChI is InChI=1S/C15H17F4NO3/c1-3-20(4-2)13(21)8-6-10-5-7-11(22-14(16)17)9-12(10)23-15(18)19/h5-9,14-15H,3-4H2,1-2H3/b8-6+. The first kappa shape index (κ1) is 18.8. The molecule has 0 saturated carbocycles. The molecule has 1 rings (SSSR count). The van der Waals surface area contributed by atoms with Gasteiger partial charge in [-0.1, -0.05) is 0 Å². The maximum Gasteiger partial charge on any atom is 0.387 e. The fraction of sp³-hybridized carbons (Fsp3) is 0.400. The third-order valence-electron chi connectivity index (χ3n) is 2.91. The highest BCUT2D eigenvalue weighted by molar-refractivity contribution is 5.92. The van der Waals surface area contributed by atoms with Gasteiger partial charge in [0.1, 0.15) is 11.5 Å². The van der Waals surface area contributed by atoms with Gasteiger partial charge in [-0.05, 0) is 32.1 Å². The van der Waals surface area contributed by atoms with Gasteiger partial charge in [-0.15, -0.1) is 0 Å². The molecule has 0 radical (unpaired) electrons. The molecule has 0 N–H and O–H groups in total. The van der Waals surface area contributed by atoms with Gasteiger partial charge in [-0.3, -0.25) is 4.79 Å². The van der Waals surface area contributed by atoms with Crippen LogP contribution in [0.4, 0.5) is 17.6 Å². The quantitative estimate of drug-likeness (QED) is 0.536. The number of benzene rings is 1. The topological polar surface area (TPSA) is 38.8 Å². The Bertz CT molecular complexity index is 546. The third kappa shape index (κ3) is 6.17. The Morgan fingerprint density at radius 2 is 1.74 bits per heavy atom. The lowest BCUT2D eigenvalue weighted by molar-refractivity contribution is -0.125. The van der Waals surface area contributed by atoms with E-state index in [9.17, 15) is 22.4 Å². The van der Waals surface area contributed by atoms with Crippen LogP contribution in [0, 0.1) is 0 Å². The minimum Gasteiger partial charge on any atom is -0.435 e. The van der Waals surface area contributed by atoms with E-state index in [0.29, 0.717) is 13.1 Å². The Kier molecular flexibility index (Phi) is 7.37. The van der Waals surface area contributed by atoms with E-state index in [-0.39, 0.29) is 23.0 Å². The molecule has 0 aliphatic carbocycles. The van der Waals surface area contributed by atoms with Gasteiger partial charge in [0.25, 0.3) is 0 Å². The lowest BCUT2D eigenvalue weighted by Crippen LogP contribution is -2.28. The number of carbonyl (C=O) groups is 1. The second-order valence-electron chi connectivity index (χ2n) is 4.30. The fourth-order valence-corrected chi connectivity index (χ4v) is 1.83. The summed E-state index contributed by atoms with van der Waals surface area (Å²) in [5, 5.41) is 0. The highest BCUT2D eigenvalue weighted by Crippen LogP contribution is 2.28. The average Bonchev–Trinajstić information content (AvgIpc) is 2.46. The van der Waals surface area contributed by atoms with E-state index in [1.54, 1.807) is 13.8 Å². The molecule has 0 fully saturated rings. The summed E-state index contributed by atoms with van der Waals surface area (Å²) in [5.74, 6) is -0.976. The van der Waals surface area contributed by atoms with Gasteiger partial charge in [-0.2, -0.15) is 17.6 Å². The van der Waals surface area contributed by atoms with E-state index in [0.717, 1.165) is 6.07 Å². The van der Waals surface area contributed by atoms with E-state index in [1.807, 2.05) is 0 Å². The molecular formula is C15H17F4NO3. The monoisotopic (exact) mass is 335 g/mol. The number of nitrogens with zero attached hydrogens (tertiary/aromatic N) is 1. The molecule has 0 unspecified atom stereocenters. The highest BCUT2D eigenvalue weighted by Gasteiger charge is 2.13. The van der Waals surface area contributed by atoms with Crippen molar-refractivity contribution in [3.05, 3.63) is 29.8 Å². The van der Waals surface area contributed by atoms with Gasteiger partial charge in [0.15, 0.2) is 0 Å². The number of rotatable bonds is 8. The van der Waals surface area contributed by atoms with Gasteiger partial charge in [0.2, 0.25) is 5.91 Å². The van der Waals surface area contributed by atoms with Crippen LogP contribution in [0.25, 0.3) is 6.08 Å². The van der Waals surface area contributed by atoms with E-state index in [1.165, 1.54) is 29.2 Å². The van der Waals surface area contributed by atoms with Crippen LogP contribution in [0.15, 0.2) is 24.3 Å². The summed E-state index contributed by atoms with van der Waals surface area (Å²) >= 11 is 0. The summed E-state index contributed by atoms with van der Waals surface area (Å²) in [6.45, 7) is -1.61. The number of carbonyl (C=O) groups excluding carboxylic acids is 1. The van der Waals surface area contributed by atoms with Crippen LogP contribution >= 0.6 is 0 Å². The van der Waals surface area contributed by atoms with E-state index in [2.05, 4.69) is 9.47 Å². The Morgan fingerprint density at radius 3 is 2.26 bits per heavy atom. The van der Waals surface area contributed by atoms with Crippen molar-refractivity contribution in [2.24, 2.45) is 0 Å². The SMILES string of the molecule is CCN(CC)C(=O)/C=C/c1ccc(OC(F)F)cc1OC(F)F. The largest absolute Gasteiger partial charge is 0.435 e. The zero-order chi connectivity index (χ0) is 17.4.